The summed E-state index contributed by atoms with van der Waals surface area (Å²) in [5.74, 6) is -0.712. The van der Waals surface area contributed by atoms with Gasteiger partial charge >= 0.3 is 11.9 Å². The predicted molar refractivity (Wildman–Crippen MR) is 66.1 cm³/mol. The van der Waals surface area contributed by atoms with Crippen molar-refractivity contribution < 1.29 is 24.2 Å². The number of carboxylic acids is 1. The molecular formula is C13H16O5. The summed E-state index contributed by atoms with van der Waals surface area (Å²) in [7, 11) is 0. The molecule has 1 aromatic carbocycles. The summed E-state index contributed by atoms with van der Waals surface area (Å²) in [6.07, 6.45) is 0.301. The fourth-order valence-electron chi connectivity index (χ4n) is 0.871. The number of hydrogen-bond acceptors (Lipinski definition) is 4. The van der Waals surface area contributed by atoms with Crippen LogP contribution in [0.3, 0.4) is 0 Å². The first kappa shape index (κ1) is 15.7. The first-order valence-electron chi connectivity index (χ1n) is 5.20. The van der Waals surface area contributed by atoms with Gasteiger partial charge in [-0.3, -0.25) is 4.79 Å². The second kappa shape index (κ2) is 8.81. The van der Waals surface area contributed by atoms with Gasteiger partial charge in [0.1, 0.15) is 5.75 Å². The van der Waals surface area contributed by atoms with Crippen molar-refractivity contribution in [2.45, 2.75) is 20.0 Å². The van der Waals surface area contributed by atoms with Crippen LogP contribution in [0, 0.1) is 0 Å². The highest BCUT2D eigenvalue weighted by Gasteiger charge is 2.11. The summed E-state index contributed by atoms with van der Waals surface area (Å²) in [6.45, 7) is 5.97. The van der Waals surface area contributed by atoms with E-state index < -0.39 is 12.1 Å². The van der Waals surface area contributed by atoms with Crippen LogP contribution in [0.25, 0.3) is 0 Å². The zero-order valence-corrected chi connectivity index (χ0v) is 10.3. The van der Waals surface area contributed by atoms with Crippen molar-refractivity contribution in [3.63, 3.8) is 0 Å². The molecule has 1 N–H and O–H groups in total. The van der Waals surface area contributed by atoms with Gasteiger partial charge in [-0.05, 0) is 19.1 Å². The molecule has 98 valence electrons. The van der Waals surface area contributed by atoms with Crippen molar-refractivity contribution in [3.05, 3.63) is 43.2 Å². The van der Waals surface area contributed by atoms with E-state index in [1.807, 2.05) is 6.07 Å². The molecule has 0 saturated heterocycles. The zero-order valence-electron chi connectivity index (χ0n) is 10.3. The van der Waals surface area contributed by atoms with E-state index in [1.54, 1.807) is 24.3 Å². The molecule has 0 aliphatic heterocycles. The maximum Gasteiger partial charge on any atom is 0.344 e. The number of carboxylic acid groups (broad SMARTS) is 1. The van der Waals surface area contributed by atoms with Crippen LogP contribution in [0.5, 0.6) is 5.75 Å². The molecule has 0 aromatic heterocycles. The van der Waals surface area contributed by atoms with Crippen molar-refractivity contribution >= 4 is 11.9 Å². The maximum atomic E-state index is 10.4. The molecule has 0 spiro atoms. The van der Waals surface area contributed by atoms with Crippen LogP contribution in [-0.2, 0) is 14.3 Å². The van der Waals surface area contributed by atoms with Crippen LogP contribution in [0.1, 0.15) is 13.8 Å². The highest BCUT2D eigenvalue weighted by atomic mass is 16.5. The zero-order chi connectivity index (χ0) is 14.0. The van der Waals surface area contributed by atoms with Crippen molar-refractivity contribution in [3.8, 4) is 5.75 Å². The molecule has 0 amide bonds. The van der Waals surface area contributed by atoms with E-state index in [2.05, 4.69) is 11.3 Å². The number of aliphatic carboxylic acids is 1. The van der Waals surface area contributed by atoms with Gasteiger partial charge in [-0.1, -0.05) is 24.8 Å². The van der Waals surface area contributed by atoms with E-state index in [-0.39, 0.29) is 5.97 Å². The molecule has 0 saturated carbocycles. The van der Waals surface area contributed by atoms with Gasteiger partial charge in [-0.25, -0.2) is 4.79 Å². The number of ether oxygens (including phenoxy) is 2. The Hall–Kier alpha value is -2.30. The van der Waals surface area contributed by atoms with Gasteiger partial charge in [0.05, 0.1) is 6.26 Å². The predicted octanol–water partition coefficient (Wildman–Crippen LogP) is 2.23. The molecule has 0 bridgehead atoms. The fourth-order valence-corrected chi connectivity index (χ4v) is 0.871. The Morgan fingerprint density at radius 2 is 1.89 bits per heavy atom. The van der Waals surface area contributed by atoms with Gasteiger partial charge in [-0.15, -0.1) is 0 Å². The van der Waals surface area contributed by atoms with Gasteiger partial charge in [0.25, 0.3) is 0 Å². The Bertz CT molecular complexity index is 386. The number of carbonyl (C=O) groups is 2. The van der Waals surface area contributed by atoms with Crippen LogP contribution in [0.2, 0.25) is 0 Å². The highest BCUT2D eigenvalue weighted by Crippen LogP contribution is 2.10. The van der Waals surface area contributed by atoms with Gasteiger partial charge in [0.15, 0.2) is 6.10 Å². The summed E-state index contributed by atoms with van der Waals surface area (Å²) in [6, 6.07) is 8.88. The summed E-state index contributed by atoms with van der Waals surface area (Å²) >= 11 is 0. The normalized spacial score (nSPS) is 10.3. The van der Waals surface area contributed by atoms with Crippen LogP contribution < -0.4 is 4.74 Å². The monoisotopic (exact) mass is 252 g/mol. The molecule has 0 heterocycles. The fraction of sp³-hybridized carbons (Fsp3) is 0.231. The lowest BCUT2D eigenvalue weighted by Crippen LogP contribution is -2.22. The molecule has 1 atom stereocenters. The largest absolute Gasteiger partial charge is 0.479 e. The van der Waals surface area contributed by atoms with Crippen molar-refractivity contribution in [2.24, 2.45) is 0 Å². The van der Waals surface area contributed by atoms with Crippen LogP contribution in [0.4, 0.5) is 0 Å². The second-order valence-electron chi connectivity index (χ2n) is 3.19. The number of esters is 1. The Labute approximate surface area is 106 Å². The Balaban J connectivity index is 0.000000411. The Kier molecular flexibility index (Phi) is 7.68. The van der Waals surface area contributed by atoms with E-state index >= 15 is 0 Å². The topological polar surface area (TPSA) is 72.8 Å². The number of hydrogen-bond donors (Lipinski definition) is 1. The van der Waals surface area contributed by atoms with Crippen LogP contribution in [0.15, 0.2) is 43.2 Å². The van der Waals surface area contributed by atoms with E-state index in [0.717, 1.165) is 6.26 Å². The minimum absolute atomic E-state index is 0.329. The summed E-state index contributed by atoms with van der Waals surface area (Å²) in [5, 5.41) is 8.52. The second-order valence-corrected chi connectivity index (χ2v) is 3.19. The van der Waals surface area contributed by atoms with E-state index in [1.165, 1.54) is 13.8 Å². The maximum absolute atomic E-state index is 10.4. The number of rotatable bonds is 4. The summed E-state index contributed by atoms with van der Waals surface area (Å²) < 4.78 is 9.24. The third kappa shape index (κ3) is 7.92. The van der Waals surface area contributed by atoms with E-state index in [0.29, 0.717) is 5.75 Å². The molecule has 0 radical (unpaired) electrons. The van der Waals surface area contributed by atoms with E-state index in [4.69, 9.17) is 9.84 Å². The molecule has 18 heavy (non-hydrogen) atoms. The standard InChI is InChI=1S/C9H10O3.C4H6O2/c1-7(9(10)11)12-8-5-3-2-4-6-8;1-3-6-4(2)5/h2-7H,1H3,(H,10,11);3H,1H2,2H3. The molecule has 0 aliphatic carbocycles. The smallest absolute Gasteiger partial charge is 0.344 e. The molecule has 0 fully saturated rings. The minimum Gasteiger partial charge on any atom is -0.479 e. The summed E-state index contributed by atoms with van der Waals surface area (Å²) in [4.78, 5) is 20.1. The molecular weight excluding hydrogens is 236 g/mol. The third-order valence-corrected chi connectivity index (χ3v) is 1.65. The quantitative estimate of drug-likeness (QED) is 0.657. The molecule has 5 nitrogen and oxygen atoms in total. The lowest BCUT2D eigenvalue weighted by Gasteiger charge is -2.09. The lowest BCUT2D eigenvalue weighted by molar-refractivity contribution is -0.144. The van der Waals surface area contributed by atoms with Crippen molar-refractivity contribution in [2.75, 3.05) is 0 Å². The first-order valence-corrected chi connectivity index (χ1v) is 5.20. The van der Waals surface area contributed by atoms with Crippen LogP contribution in [-0.4, -0.2) is 23.1 Å². The molecule has 1 aromatic rings. The minimum atomic E-state index is -0.959. The van der Waals surface area contributed by atoms with Crippen molar-refractivity contribution in [1.29, 1.82) is 0 Å². The van der Waals surface area contributed by atoms with Crippen molar-refractivity contribution in [1.82, 2.24) is 0 Å². The number of para-hydroxylation sites is 1. The molecule has 1 unspecified atom stereocenters. The van der Waals surface area contributed by atoms with E-state index in [9.17, 15) is 9.59 Å². The highest BCUT2D eigenvalue weighted by molar-refractivity contribution is 5.72. The number of benzene rings is 1. The molecule has 5 heteroatoms. The number of carbonyl (C=O) groups excluding carboxylic acids is 1. The van der Waals surface area contributed by atoms with Gasteiger partial charge in [0.2, 0.25) is 0 Å². The lowest BCUT2D eigenvalue weighted by atomic mass is 10.3. The van der Waals surface area contributed by atoms with Gasteiger partial charge in [-0.2, -0.15) is 0 Å². The third-order valence-electron chi connectivity index (χ3n) is 1.65. The Morgan fingerprint density at radius 3 is 2.22 bits per heavy atom. The SMILES string of the molecule is C=COC(C)=O.CC(Oc1ccccc1)C(=O)O. The van der Waals surface area contributed by atoms with Crippen LogP contribution >= 0.6 is 0 Å². The first-order chi connectivity index (χ1) is 8.47. The van der Waals surface area contributed by atoms with Gasteiger partial charge < -0.3 is 14.6 Å². The molecule has 1 rings (SSSR count). The Morgan fingerprint density at radius 1 is 1.33 bits per heavy atom. The average molecular weight is 252 g/mol. The average Bonchev–Trinajstić information content (AvgIpc) is 2.30. The summed E-state index contributed by atoms with van der Waals surface area (Å²) in [5.41, 5.74) is 0. The molecule has 0 aliphatic rings. The van der Waals surface area contributed by atoms with Gasteiger partial charge in [0, 0.05) is 6.92 Å².